The van der Waals surface area contributed by atoms with E-state index in [2.05, 4.69) is 19.2 Å². The van der Waals surface area contributed by atoms with Gasteiger partial charge in [-0.15, -0.1) is 0 Å². The summed E-state index contributed by atoms with van der Waals surface area (Å²) in [5, 5.41) is 3.29. The summed E-state index contributed by atoms with van der Waals surface area (Å²) in [5.41, 5.74) is 5.24. The highest BCUT2D eigenvalue weighted by atomic mass is 16.2. The molecule has 0 spiro atoms. The number of amides is 3. The minimum absolute atomic E-state index is 0.0212. The third-order valence-electron chi connectivity index (χ3n) is 5.93. The number of piperidine rings is 1. The number of nitrogens with one attached hydrogen (secondary N) is 1. The van der Waals surface area contributed by atoms with Gasteiger partial charge in [-0.05, 0) is 31.1 Å². The molecule has 2 aliphatic heterocycles. The average Bonchev–Trinajstić information content (AvgIpc) is 3.49. The molecule has 28 heavy (non-hydrogen) atoms. The molecule has 2 saturated heterocycles. The lowest BCUT2D eigenvalue weighted by Crippen LogP contribution is -2.57. The highest BCUT2D eigenvalue weighted by molar-refractivity contribution is 5.88. The van der Waals surface area contributed by atoms with Gasteiger partial charge in [0.25, 0.3) is 0 Å². The molecular weight excluding hydrogens is 356 g/mol. The largest absolute Gasteiger partial charge is 0.370 e. The molecule has 0 aromatic heterocycles. The number of nitrogens with two attached hydrogens (primary N) is 1. The Morgan fingerprint density at radius 2 is 1.68 bits per heavy atom. The monoisotopic (exact) mass is 394 g/mol. The Bertz CT molecular complexity index is 526. The maximum Gasteiger partial charge on any atom is 0.242 e. The average molecular weight is 395 g/mol. The Labute approximate surface area is 169 Å². The van der Waals surface area contributed by atoms with Crippen LogP contribution in [-0.2, 0) is 14.4 Å². The zero-order chi connectivity index (χ0) is 20.5. The maximum absolute atomic E-state index is 12.5. The summed E-state index contributed by atoms with van der Waals surface area (Å²) < 4.78 is 0. The number of hydrogen-bond acceptors (Lipinski definition) is 4. The van der Waals surface area contributed by atoms with Crippen LogP contribution < -0.4 is 11.1 Å². The summed E-state index contributed by atoms with van der Waals surface area (Å²) in [6.45, 7) is 7.22. The Kier molecular flexibility index (Phi) is 9.22. The Morgan fingerprint density at radius 1 is 1.04 bits per heavy atom. The summed E-state index contributed by atoms with van der Waals surface area (Å²) in [6.07, 6.45) is 8.03. The van der Waals surface area contributed by atoms with Crippen molar-refractivity contribution in [3.63, 3.8) is 0 Å². The van der Waals surface area contributed by atoms with Gasteiger partial charge in [0.2, 0.25) is 17.7 Å². The molecule has 7 nitrogen and oxygen atoms in total. The van der Waals surface area contributed by atoms with Gasteiger partial charge in [-0.1, -0.05) is 39.5 Å². The van der Waals surface area contributed by atoms with Crippen LogP contribution in [-0.4, -0.2) is 66.3 Å². The van der Waals surface area contributed by atoms with Gasteiger partial charge in [-0.3, -0.25) is 14.4 Å². The number of carbonyl (C=O) groups is 3. The molecule has 1 unspecified atom stereocenters. The number of nitrogens with zero attached hydrogens (tertiary/aromatic N) is 2. The first-order valence-corrected chi connectivity index (χ1v) is 11.0. The van der Waals surface area contributed by atoms with Crippen molar-refractivity contribution in [2.45, 2.75) is 71.3 Å². The number of likely N-dealkylation sites (tertiary alicyclic amines) is 1. The molecule has 1 atom stereocenters. The van der Waals surface area contributed by atoms with Crippen molar-refractivity contribution in [3.8, 4) is 0 Å². The lowest BCUT2D eigenvalue weighted by Gasteiger charge is -2.36. The molecule has 3 rings (SSSR count). The first-order chi connectivity index (χ1) is 13.4. The normalized spacial score (nSPS) is 23.2. The predicted molar refractivity (Wildman–Crippen MR) is 109 cm³/mol. The molecular formula is C21H38N4O3. The van der Waals surface area contributed by atoms with E-state index in [0.29, 0.717) is 32.0 Å². The number of primary amides is 1. The minimum atomic E-state index is -0.270. The van der Waals surface area contributed by atoms with Crippen molar-refractivity contribution in [2.75, 3.05) is 32.7 Å². The molecule has 3 fully saturated rings. The number of unbranched alkanes of at least 4 members (excludes halogenated alkanes) is 1. The summed E-state index contributed by atoms with van der Waals surface area (Å²) in [7, 11) is 0. The van der Waals surface area contributed by atoms with E-state index in [-0.39, 0.29) is 36.2 Å². The lowest BCUT2D eigenvalue weighted by atomic mass is 9.93. The molecule has 7 heteroatoms. The van der Waals surface area contributed by atoms with E-state index in [4.69, 9.17) is 5.73 Å². The van der Waals surface area contributed by atoms with E-state index >= 15 is 0 Å². The zero-order valence-electron chi connectivity index (χ0n) is 17.6. The van der Waals surface area contributed by atoms with Crippen LogP contribution in [0.5, 0.6) is 0 Å². The van der Waals surface area contributed by atoms with E-state index in [0.717, 1.165) is 25.8 Å². The fourth-order valence-corrected chi connectivity index (χ4v) is 3.75. The maximum atomic E-state index is 12.5. The summed E-state index contributed by atoms with van der Waals surface area (Å²) in [6, 6.07) is -0.111. The topological polar surface area (TPSA) is 95.7 Å². The molecule has 3 amide bonds. The van der Waals surface area contributed by atoms with Crippen LogP contribution >= 0.6 is 0 Å². The first-order valence-electron chi connectivity index (χ1n) is 11.0. The van der Waals surface area contributed by atoms with Crippen molar-refractivity contribution < 1.29 is 14.4 Å². The standard InChI is InChI=1S/C17H28N4O3.C4H10/c18-15(22)10-13-3-6-20(7-4-13)16(23)11-21-8-5-19-14(17(21)24)9-12-1-2-12;1-3-4-2/h12-14,19H,1-11H2,(H2,18,22);3-4H2,1-2H3. The molecule has 1 saturated carbocycles. The Hall–Kier alpha value is -1.63. The summed E-state index contributed by atoms with van der Waals surface area (Å²) in [5.74, 6) is 0.799. The van der Waals surface area contributed by atoms with Crippen molar-refractivity contribution in [1.82, 2.24) is 15.1 Å². The molecule has 0 aromatic carbocycles. The third-order valence-corrected chi connectivity index (χ3v) is 5.93. The van der Waals surface area contributed by atoms with Crippen molar-refractivity contribution in [2.24, 2.45) is 17.6 Å². The lowest BCUT2D eigenvalue weighted by molar-refractivity contribution is -0.144. The first kappa shape index (κ1) is 22.7. The van der Waals surface area contributed by atoms with Crippen LogP contribution in [0.4, 0.5) is 0 Å². The number of piperazine rings is 1. The van der Waals surface area contributed by atoms with E-state index in [1.807, 2.05) is 4.90 Å². The Balaban J connectivity index is 0.000000640. The third kappa shape index (κ3) is 7.41. The van der Waals surface area contributed by atoms with E-state index < -0.39 is 0 Å². The van der Waals surface area contributed by atoms with Crippen LogP contribution in [0.2, 0.25) is 0 Å². The van der Waals surface area contributed by atoms with Gasteiger partial charge in [0.1, 0.15) is 0 Å². The fraction of sp³-hybridized carbons (Fsp3) is 0.857. The van der Waals surface area contributed by atoms with Crippen LogP contribution in [0, 0.1) is 11.8 Å². The molecule has 2 heterocycles. The van der Waals surface area contributed by atoms with Crippen molar-refractivity contribution in [3.05, 3.63) is 0 Å². The van der Waals surface area contributed by atoms with E-state index in [1.54, 1.807) is 4.90 Å². The van der Waals surface area contributed by atoms with E-state index in [9.17, 15) is 14.4 Å². The number of carbonyl (C=O) groups excluding carboxylic acids is 3. The zero-order valence-corrected chi connectivity index (χ0v) is 17.6. The van der Waals surface area contributed by atoms with Crippen LogP contribution in [0.15, 0.2) is 0 Å². The second kappa shape index (κ2) is 11.4. The molecule has 0 aromatic rings. The summed E-state index contributed by atoms with van der Waals surface area (Å²) >= 11 is 0. The second-order valence-electron chi connectivity index (χ2n) is 8.44. The highest BCUT2D eigenvalue weighted by Gasteiger charge is 2.35. The minimum Gasteiger partial charge on any atom is -0.370 e. The molecule has 0 bridgehead atoms. The predicted octanol–water partition coefficient (Wildman–Crippen LogP) is 1.51. The molecule has 1 aliphatic carbocycles. The number of rotatable bonds is 7. The van der Waals surface area contributed by atoms with Gasteiger partial charge in [-0.2, -0.15) is 0 Å². The van der Waals surface area contributed by atoms with Gasteiger partial charge in [-0.25, -0.2) is 0 Å². The van der Waals surface area contributed by atoms with Crippen molar-refractivity contribution in [1.29, 1.82) is 0 Å². The molecule has 160 valence electrons. The van der Waals surface area contributed by atoms with E-state index in [1.165, 1.54) is 25.7 Å². The van der Waals surface area contributed by atoms with Gasteiger partial charge >= 0.3 is 0 Å². The summed E-state index contributed by atoms with van der Waals surface area (Å²) in [4.78, 5) is 39.5. The Morgan fingerprint density at radius 3 is 2.21 bits per heavy atom. The van der Waals surface area contributed by atoms with Crippen LogP contribution in [0.3, 0.4) is 0 Å². The highest BCUT2D eigenvalue weighted by Crippen LogP contribution is 2.34. The van der Waals surface area contributed by atoms with Gasteiger partial charge in [0, 0.05) is 32.6 Å². The van der Waals surface area contributed by atoms with Gasteiger partial charge in [0.05, 0.1) is 12.6 Å². The quantitative estimate of drug-likeness (QED) is 0.684. The second-order valence-corrected chi connectivity index (χ2v) is 8.44. The van der Waals surface area contributed by atoms with Gasteiger partial charge in [0.15, 0.2) is 0 Å². The van der Waals surface area contributed by atoms with Gasteiger partial charge < -0.3 is 20.9 Å². The molecule has 3 N–H and O–H groups in total. The molecule has 0 radical (unpaired) electrons. The molecule has 3 aliphatic rings. The van der Waals surface area contributed by atoms with Crippen LogP contribution in [0.25, 0.3) is 0 Å². The van der Waals surface area contributed by atoms with Crippen molar-refractivity contribution >= 4 is 17.7 Å². The fourth-order valence-electron chi connectivity index (χ4n) is 3.75. The van der Waals surface area contributed by atoms with Crippen LogP contribution in [0.1, 0.15) is 65.2 Å². The smallest absolute Gasteiger partial charge is 0.242 e. The SMILES string of the molecule is CCCC.NC(=O)CC1CCN(C(=O)CN2CCNC(CC3CC3)C2=O)CC1. The number of hydrogen-bond donors (Lipinski definition) is 2.